The minimum atomic E-state index is -0.387. The van der Waals surface area contributed by atoms with Gasteiger partial charge in [0.1, 0.15) is 5.69 Å². The predicted molar refractivity (Wildman–Crippen MR) is 73.7 cm³/mol. The molecular weight excluding hydrogens is 244 g/mol. The van der Waals surface area contributed by atoms with Gasteiger partial charge in [0, 0.05) is 18.3 Å². The lowest BCUT2D eigenvalue weighted by Gasteiger charge is -2.06. The summed E-state index contributed by atoms with van der Waals surface area (Å²) in [5.41, 5.74) is 2.13. The van der Waals surface area contributed by atoms with Crippen LogP contribution in [0.3, 0.4) is 0 Å². The molecule has 0 aliphatic carbocycles. The number of hydrogen-bond donors (Lipinski definition) is 1. The van der Waals surface area contributed by atoms with Crippen molar-refractivity contribution in [1.82, 2.24) is 9.78 Å². The Kier molecular flexibility index (Phi) is 3.50. The Morgan fingerprint density at radius 2 is 2.16 bits per heavy atom. The van der Waals surface area contributed by atoms with E-state index in [0.717, 1.165) is 11.3 Å². The average molecular weight is 260 g/mol. The monoisotopic (exact) mass is 260 g/mol. The second-order valence-electron chi connectivity index (χ2n) is 4.71. The number of benzene rings is 1. The van der Waals surface area contributed by atoms with Crippen LogP contribution in [0.4, 0.5) is 17.1 Å². The zero-order valence-corrected chi connectivity index (χ0v) is 11.1. The highest BCUT2D eigenvalue weighted by molar-refractivity contribution is 5.69. The molecule has 1 aromatic heterocycles. The maximum Gasteiger partial charge on any atom is 0.292 e. The van der Waals surface area contributed by atoms with Gasteiger partial charge in [-0.05, 0) is 32.4 Å². The number of nitro benzene ring substituents is 1. The third-order valence-corrected chi connectivity index (χ3v) is 2.76. The van der Waals surface area contributed by atoms with Gasteiger partial charge in [0.2, 0.25) is 0 Å². The van der Waals surface area contributed by atoms with E-state index in [4.69, 9.17) is 0 Å². The molecule has 1 N–H and O–H groups in total. The molecule has 2 aromatic rings. The highest BCUT2D eigenvalue weighted by Crippen LogP contribution is 2.28. The largest absolute Gasteiger partial charge is 0.347 e. The van der Waals surface area contributed by atoms with Gasteiger partial charge in [-0.25, -0.2) is 0 Å². The van der Waals surface area contributed by atoms with Crippen LogP contribution in [0.25, 0.3) is 0 Å². The molecule has 1 heterocycles. The first kappa shape index (κ1) is 13.1. The fraction of sp³-hybridized carbons (Fsp3) is 0.308. The number of rotatable bonds is 4. The minimum Gasteiger partial charge on any atom is -0.347 e. The highest BCUT2D eigenvalue weighted by Gasteiger charge is 2.14. The van der Waals surface area contributed by atoms with Gasteiger partial charge in [0.05, 0.1) is 16.8 Å². The molecule has 0 fully saturated rings. The fourth-order valence-corrected chi connectivity index (χ4v) is 1.74. The van der Waals surface area contributed by atoms with Crippen LogP contribution in [-0.4, -0.2) is 14.7 Å². The zero-order chi connectivity index (χ0) is 14.0. The van der Waals surface area contributed by atoms with Gasteiger partial charge in [-0.15, -0.1) is 0 Å². The van der Waals surface area contributed by atoms with E-state index in [1.165, 1.54) is 0 Å². The normalized spacial score (nSPS) is 10.7. The molecule has 0 saturated heterocycles. The van der Waals surface area contributed by atoms with Crippen molar-refractivity contribution in [1.29, 1.82) is 0 Å². The highest BCUT2D eigenvalue weighted by atomic mass is 16.6. The summed E-state index contributed by atoms with van der Waals surface area (Å²) in [5.74, 6) is 0. The molecule has 19 heavy (non-hydrogen) atoms. The SMILES string of the molecule is Cc1ccc(Nc2cnn(C(C)C)c2)c([N+](=O)[O-])c1. The van der Waals surface area contributed by atoms with E-state index >= 15 is 0 Å². The van der Waals surface area contributed by atoms with Gasteiger partial charge in [-0.1, -0.05) is 6.07 Å². The summed E-state index contributed by atoms with van der Waals surface area (Å²) in [6.45, 7) is 5.86. The van der Waals surface area contributed by atoms with Crippen molar-refractivity contribution < 1.29 is 4.92 Å². The van der Waals surface area contributed by atoms with Gasteiger partial charge in [0.15, 0.2) is 0 Å². The smallest absolute Gasteiger partial charge is 0.292 e. The Morgan fingerprint density at radius 3 is 2.74 bits per heavy atom. The predicted octanol–water partition coefficient (Wildman–Crippen LogP) is 3.42. The minimum absolute atomic E-state index is 0.0669. The quantitative estimate of drug-likeness (QED) is 0.675. The van der Waals surface area contributed by atoms with Crippen LogP contribution in [0.15, 0.2) is 30.6 Å². The lowest BCUT2D eigenvalue weighted by Crippen LogP contribution is -2.00. The number of nitrogens with zero attached hydrogens (tertiary/aromatic N) is 3. The van der Waals surface area contributed by atoms with E-state index in [1.807, 2.05) is 33.0 Å². The Hall–Kier alpha value is -2.37. The Labute approximate surface area is 111 Å². The molecule has 6 heteroatoms. The van der Waals surface area contributed by atoms with Crippen molar-refractivity contribution in [3.63, 3.8) is 0 Å². The Bertz CT molecular complexity index is 604. The van der Waals surface area contributed by atoms with Crippen molar-refractivity contribution in [2.75, 3.05) is 5.32 Å². The van der Waals surface area contributed by atoms with Gasteiger partial charge in [0.25, 0.3) is 5.69 Å². The van der Waals surface area contributed by atoms with E-state index in [9.17, 15) is 10.1 Å². The van der Waals surface area contributed by atoms with E-state index in [2.05, 4.69) is 10.4 Å². The zero-order valence-electron chi connectivity index (χ0n) is 11.1. The molecule has 0 aliphatic heterocycles. The number of anilines is 2. The topological polar surface area (TPSA) is 73.0 Å². The van der Waals surface area contributed by atoms with Gasteiger partial charge >= 0.3 is 0 Å². The number of nitrogens with one attached hydrogen (secondary N) is 1. The third kappa shape index (κ3) is 2.90. The van der Waals surface area contributed by atoms with Crippen LogP contribution in [0, 0.1) is 17.0 Å². The molecule has 0 amide bonds. The standard InChI is InChI=1S/C13H16N4O2/c1-9(2)16-8-11(7-14-16)15-12-5-4-10(3)6-13(12)17(18)19/h4-9,15H,1-3H3. The summed E-state index contributed by atoms with van der Waals surface area (Å²) < 4.78 is 1.79. The molecule has 0 spiro atoms. The van der Waals surface area contributed by atoms with E-state index < -0.39 is 0 Å². The summed E-state index contributed by atoms with van der Waals surface area (Å²) in [6.07, 6.45) is 3.48. The number of hydrogen-bond acceptors (Lipinski definition) is 4. The van der Waals surface area contributed by atoms with Crippen molar-refractivity contribution >= 4 is 17.1 Å². The molecule has 2 rings (SSSR count). The van der Waals surface area contributed by atoms with Crippen LogP contribution in [0.5, 0.6) is 0 Å². The summed E-state index contributed by atoms with van der Waals surface area (Å²) in [5, 5.41) is 18.2. The number of aromatic nitrogens is 2. The van der Waals surface area contributed by atoms with Crippen LogP contribution in [0.1, 0.15) is 25.5 Å². The number of aryl methyl sites for hydroxylation is 1. The number of nitro groups is 1. The van der Waals surface area contributed by atoms with Crippen LogP contribution >= 0.6 is 0 Å². The second kappa shape index (κ2) is 5.09. The molecule has 0 atom stereocenters. The van der Waals surface area contributed by atoms with Crippen molar-refractivity contribution in [2.45, 2.75) is 26.8 Å². The van der Waals surface area contributed by atoms with Crippen molar-refractivity contribution in [2.24, 2.45) is 0 Å². The van der Waals surface area contributed by atoms with Crippen LogP contribution < -0.4 is 5.32 Å². The first-order valence-corrected chi connectivity index (χ1v) is 6.03. The van der Waals surface area contributed by atoms with Crippen LogP contribution in [0.2, 0.25) is 0 Å². The van der Waals surface area contributed by atoms with Crippen LogP contribution in [-0.2, 0) is 0 Å². The molecular formula is C13H16N4O2. The Balaban J connectivity index is 2.29. The molecule has 0 saturated carbocycles. The van der Waals surface area contributed by atoms with E-state index in [1.54, 1.807) is 23.0 Å². The molecule has 0 radical (unpaired) electrons. The maximum atomic E-state index is 11.0. The summed E-state index contributed by atoms with van der Waals surface area (Å²) >= 11 is 0. The van der Waals surface area contributed by atoms with Crippen molar-refractivity contribution in [3.8, 4) is 0 Å². The van der Waals surface area contributed by atoms with E-state index in [-0.39, 0.29) is 16.7 Å². The summed E-state index contributed by atoms with van der Waals surface area (Å²) in [6, 6.07) is 5.35. The lowest BCUT2D eigenvalue weighted by atomic mass is 10.2. The molecule has 0 aliphatic rings. The molecule has 100 valence electrons. The van der Waals surface area contributed by atoms with E-state index in [0.29, 0.717) is 5.69 Å². The van der Waals surface area contributed by atoms with Gasteiger partial charge < -0.3 is 5.32 Å². The fourth-order valence-electron chi connectivity index (χ4n) is 1.74. The molecule has 6 nitrogen and oxygen atoms in total. The molecule has 0 bridgehead atoms. The maximum absolute atomic E-state index is 11.0. The van der Waals surface area contributed by atoms with Crippen molar-refractivity contribution in [3.05, 3.63) is 46.3 Å². The average Bonchev–Trinajstić information content (AvgIpc) is 2.80. The molecule has 1 aromatic carbocycles. The Morgan fingerprint density at radius 1 is 1.42 bits per heavy atom. The first-order valence-electron chi connectivity index (χ1n) is 6.03. The first-order chi connectivity index (χ1) is 8.97. The van der Waals surface area contributed by atoms with Gasteiger partial charge in [-0.2, -0.15) is 5.10 Å². The molecule has 0 unspecified atom stereocenters. The lowest BCUT2D eigenvalue weighted by molar-refractivity contribution is -0.384. The summed E-state index contributed by atoms with van der Waals surface area (Å²) in [7, 11) is 0. The van der Waals surface area contributed by atoms with Gasteiger partial charge in [-0.3, -0.25) is 14.8 Å². The third-order valence-electron chi connectivity index (χ3n) is 2.76. The summed E-state index contributed by atoms with van der Waals surface area (Å²) in [4.78, 5) is 10.6. The second-order valence-corrected chi connectivity index (χ2v) is 4.71.